The molecule has 0 radical (unpaired) electrons. The number of rotatable bonds is 38. The lowest BCUT2D eigenvalue weighted by atomic mass is 9.89. The Hall–Kier alpha value is -7.91. The second-order valence-corrected chi connectivity index (χ2v) is 29.5. The van der Waals surface area contributed by atoms with E-state index in [-0.39, 0.29) is 93.2 Å². The third-order valence-corrected chi connectivity index (χ3v) is 20.7. The SMILES string of the molecule is CC[C@H](C)[C@@H]([C@@H](CC(=O)N1CCC[C@H]1[C@H](OC)[C@@H](C)C(=O)N[C@H](C)[C@@H](O)c1ccccc1)OC)N(C)C(=O)[C@@H](NC(=O)[C@H](C(C)C)N(C)C(=O)OCc1ccc(NC(=O)[C@H](CCCNC(N)=O)NC(=O)[C@@H](NC(=O)CCCC(=O)N2CCC(C(=O)NC3CCCCCC3)CC2)C(C)C)cc1)C(C)C. The molecule has 0 aromatic heterocycles. The molecule has 0 unspecified atom stereocenters. The van der Waals surface area contributed by atoms with E-state index in [0.717, 1.165) is 25.7 Å². The van der Waals surface area contributed by atoms with Crippen LogP contribution >= 0.6 is 0 Å². The van der Waals surface area contributed by atoms with Crippen LogP contribution in [-0.4, -0.2) is 205 Å². The van der Waals surface area contributed by atoms with Crippen LogP contribution in [0.15, 0.2) is 54.6 Å². The van der Waals surface area contributed by atoms with Gasteiger partial charge in [-0.3, -0.25) is 48.1 Å². The molecular formula is C76H122N12O15. The number of aliphatic hydroxyl groups is 1. The maximum absolute atomic E-state index is 14.9. The molecule has 3 aliphatic rings. The molecule has 27 heteroatoms. The van der Waals surface area contributed by atoms with Gasteiger partial charge in [0.05, 0.1) is 48.8 Å². The summed E-state index contributed by atoms with van der Waals surface area (Å²) in [7, 11) is 6.09. The van der Waals surface area contributed by atoms with Crippen molar-refractivity contribution in [3.63, 3.8) is 0 Å². The van der Waals surface area contributed by atoms with Crippen molar-refractivity contribution in [2.45, 2.75) is 252 Å². The number of hydrogen-bond donors (Lipinski definition) is 9. The minimum atomic E-state index is -1.13. The van der Waals surface area contributed by atoms with E-state index >= 15 is 0 Å². The number of nitrogens with zero attached hydrogens (tertiary/aromatic N) is 4. The van der Waals surface area contributed by atoms with Gasteiger partial charge < -0.3 is 77.0 Å². The lowest BCUT2D eigenvalue weighted by Crippen LogP contribution is -2.60. The largest absolute Gasteiger partial charge is 0.445 e. The number of amides is 12. The summed E-state index contributed by atoms with van der Waals surface area (Å²) in [6.07, 6.45) is 7.10. The summed E-state index contributed by atoms with van der Waals surface area (Å²) < 4.78 is 17.8. The number of carbonyl (C=O) groups excluding carboxylic acids is 11. The van der Waals surface area contributed by atoms with Crippen LogP contribution in [0.1, 0.15) is 196 Å². The maximum Gasteiger partial charge on any atom is 0.410 e. The first-order valence-electron chi connectivity index (χ1n) is 37.4. The number of ether oxygens (including phenoxy) is 3. The fourth-order valence-electron chi connectivity index (χ4n) is 14.4. The molecule has 5 rings (SSSR count). The average Bonchev–Trinajstić information content (AvgIpc) is 1.80. The third kappa shape index (κ3) is 26.0. The lowest BCUT2D eigenvalue weighted by molar-refractivity contribution is -0.148. The topological polar surface area (TPSA) is 359 Å². The van der Waals surface area contributed by atoms with Crippen molar-refractivity contribution in [3.8, 4) is 0 Å². The van der Waals surface area contributed by atoms with Gasteiger partial charge in [0.25, 0.3) is 0 Å². The fourth-order valence-corrected chi connectivity index (χ4v) is 14.4. The van der Waals surface area contributed by atoms with E-state index in [2.05, 4.69) is 37.2 Å². The third-order valence-electron chi connectivity index (χ3n) is 20.7. The molecule has 1 saturated carbocycles. The summed E-state index contributed by atoms with van der Waals surface area (Å²) in [5.74, 6) is -5.52. The van der Waals surface area contributed by atoms with Crippen LogP contribution < -0.4 is 43.0 Å². The summed E-state index contributed by atoms with van der Waals surface area (Å²) in [5.41, 5.74) is 6.81. The molecule has 12 amide bonds. The Bertz CT molecular complexity index is 3070. The smallest absolute Gasteiger partial charge is 0.410 e. The Morgan fingerprint density at radius 1 is 0.650 bits per heavy atom. The van der Waals surface area contributed by atoms with Gasteiger partial charge in [-0.1, -0.05) is 137 Å². The van der Waals surface area contributed by atoms with Crippen molar-refractivity contribution in [2.24, 2.45) is 41.2 Å². The molecule has 2 aliphatic heterocycles. The number of likely N-dealkylation sites (N-methyl/N-ethyl adjacent to an activating group) is 2. The number of urea groups is 1. The summed E-state index contributed by atoms with van der Waals surface area (Å²) in [4.78, 5) is 156. The van der Waals surface area contributed by atoms with E-state index in [1.165, 1.54) is 39.0 Å². The van der Waals surface area contributed by atoms with E-state index in [4.69, 9.17) is 19.9 Å². The first kappa shape index (κ1) is 85.7. The highest BCUT2D eigenvalue weighted by Gasteiger charge is 2.44. The van der Waals surface area contributed by atoms with E-state index in [1.807, 2.05) is 32.0 Å². The molecular weight excluding hydrogens is 1320 g/mol. The Kier molecular flexibility index (Phi) is 35.6. The van der Waals surface area contributed by atoms with Crippen LogP contribution in [0.5, 0.6) is 0 Å². The van der Waals surface area contributed by atoms with Gasteiger partial charge in [-0.2, -0.15) is 0 Å². The first-order chi connectivity index (χ1) is 48.9. The molecule has 1 aliphatic carbocycles. The quantitative estimate of drug-likeness (QED) is 0.0245. The van der Waals surface area contributed by atoms with E-state index in [1.54, 1.807) is 114 Å². The minimum absolute atomic E-state index is 0.0194. The van der Waals surface area contributed by atoms with Gasteiger partial charge in [-0.15, -0.1) is 0 Å². The van der Waals surface area contributed by atoms with Crippen molar-refractivity contribution in [1.29, 1.82) is 0 Å². The van der Waals surface area contributed by atoms with Crippen LogP contribution in [0, 0.1) is 35.5 Å². The number of carbonyl (C=O) groups is 11. The summed E-state index contributed by atoms with van der Waals surface area (Å²) >= 11 is 0. The lowest BCUT2D eigenvalue weighted by Gasteiger charge is -2.41. The molecule has 3 fully saturated rings. The summed E-state index contributed by atoms with van der Waals surface area (Å²) in [6, 6.07) is 8.94. The van der Waals surface area contributed by atoms with Gasteiger partial charge in [0, 0.05) is 85.0 Å². The number of nitrogens with one attached hydrogen (secondary N) is 7. The van der Waals surface area contributed by atoms with Crippen molar-refractivity contribution in [2.75, 3.05) is 59.8 Å². The molecule has 10 N–H and O–H groups in total. The van der Waals surface area contributed by atoms with Crippen LogP contribution in [-0.2, 0) is 64.0 Å². The molecule has 27 nitrogen and oxygen atoms in total. The molecule has 2 heterocycles. The molecule has 12 atom stereocenters. The molecule has 576 valence electrons. The van der Waals surface area contributed by atoms with Gasteiger partial charge in [0.2, 0.25) is 53.2 Å². The highest BCUT2D eigenvalue weighted by Crippen LogP contribution is 2.31. The van der Waals surface area contributed by atoms with Crippen molar-refractivity contribution >= 4 is 71.0 Å². The van der Waals surface area contributed by atoms with Gasteiger partial charge in [-0.25, -0.2) is 9.59 Å². The van der Waals surface area contributed by atoms with Gasteiger partial charge in [0.15, 0.2) is 0 Å². The zero-order valence-electron chi connectivity index (χ0n) is 63.6. The fraction of sp³-hybridized carbons (Fsp3) is 0.697. The number of hydrogen-bond acceptors (Lipinski definition) is 15. The van der Waals surface area contributed by atoms with Gasteiger partial charge >= 0.3 is 12.1 Å². The Balaban J connectivity index is 1.14. The zero-order valence-corrected chi connectivity index (χ0v) is 63.6. The molecule has 0 bridgehead atoms. The summed E-state index contributed by atoms with van der Waals surface area (Å²) in [6.45, 7) is 19.3. The monoisotopic (exact) mass is 1440 g/mol. The van der Waals surface area contributed by atoms with Crippen LogP contribution in [0.25, 0.3) is 0 Å². The van der Waals surface area contributed by atoms with Crippen molar-refractivity contribution < 1.29 is 72.1 Å². The molecule has 103 heavy (non-hydrogen) atoms. The second kappa shape index (κ2) is 42.8. The maximum atomic E-state index is 14.9. The van der Waals surface area contributed by atoms with Crippen molar-refractivity contribution in [3.05, 3.63) is 65.7 Å². The Morgan fingerprint density at radius 2 is 1.29 bits per heavy atom. The number of benzene rings is 2. The zero-order chi connectivity index (χ0) is 76.2. The summed E-state index contributed by atoms with van der Waals surface area (Å²) in [5, 5.41) is 31.0. The van der Waals surface area contributed by atoms with E-state index in [9.17, 15) is 57.8 Å². The van der Waals surface area contributed by atoms with E-state index in [0.29, 0.717) is 68.6 Å². The average molecular weight is 1440 g/mol. The highest BCUT2D eigenvalue weighted by molar-refractivity contribution is 5.98. The highest BCUT2D eigenvalue weighted by atomic mass is 16.6. The van der Waals surface area contributed by atoms with Gasteiger partial charge in [-0.05, 0) is 112 Å². The van der Waals surface area contributed by atoms with Crippen LogP contribution in [0.3, 0.4) is 0 Å². The number of likely N-dealkylation sites (tertiary alicyclic amines) is 2. The van der Waals surface area contributed by atoms with Crippen LogP contribution in [0.4, 0.5) is 15.3 Å². The first-order valence-corrected chi connectivity index (χ1v) is 37.4. The number of nitrogens with two attached hydrogens (primary N) is 1. The minimum Gasteiger partial charge on any atom is -0.445 e. The number of methoxy groups -OCH3 is 2. The van der Waals surface area contributed by atoms with E-state index < -0.39 is 126 Å². The standard InChI is InChI=1S/C76H122N12O15/c1-15-49(8)66(59(101-13)44-62(91)88-41-25-31-58(88)68(102-14)50(9)69(93)79-51(10)67(92)53-26-19-18-20-27-53)85(11)74(98)64(47(4)5)84-73(97)65(48(6)7)86(12)76(100)103-45-52-34-36-56(37-35-52)81-71(95)57(30-24-40-78-75(77)99)82-72(96)63(46(2)3)83-60(89)32-23-33-61(90)87-42-38-54(39-43-87)70(94)80-55-28-21-16-17-22-29-55/h18-20,26-27,34-37,46-51,54-55,57-59,63-68,92H,15-17,21-25,28-33,38-45H2,1-14H3,(H,79,93)(H,80,94)(H,81,95)(H,82,96)(H,83,89)(H,84,97)(H3,77,78,99)/t49-,50+,51+,57-,58-,59+,63-,64-,65-,66-,67+,68+/m0/s1. The van der Waals surface area contributed by atoms with Crippen molar-refractivity contribution in [1.82, 2.24) is 51.5 Å². The Morgan fingerprint density at radius 3 is 1.87 bits per heavy atom. The predicted octanol–water partition coefficient (Wildman–Crippen LogP) is 6.84. The Labute approximate surface area is 610 Å². The van der Waals surface area contributed by atoms with Gasteiger partial charge in [0.1, 0.15) is 30.8 Å². The molecule has 2 aromatic carbocycles. The number of aliphatic hydroxyl groups excluding tert-OH is 1. The normalized spacial score (nSPS) is 18.4. The predicted molar refractivity (Wildman–Crippen MR) is 392 cm³/mol. The molecule has 0 spiro atoms. The number of anilines is 1. The molecule has 2 saturated heterocycles. The molecule has 2 aromatic rings. The number of piperidine rings is 1. The van der Waals surface area contributed by atoms with Crippen LogP contribution in [0.2, 0.25) is 0 Å². The number of primary amides is 1. The second-order valence-electron chi connectivity index (χ2n) is 29.5.